The van der Waals surface area contributed by atoms with Gasteiger partial charge in [0, 0.05) is 23.8 Å². The standard InChI is InChI=1S/C15H15BrFN/c1-11-4-3-5-15(6-11)18(2)10-12-7-13(16)9-14(17)8-12/h3-9H,10H2,1-2H3. The van der Waals surface area contributed by atoms with Crippen molar-refractivity contribution in [2.24, 2.45) is 0 Å². The third-order valence-electron chi connectivity index (χ3n) is 2.78. The number of hydrogen-bond acceptors (Lipinski definition) is 1. The second-order valence-electron chi connectivity index (χ2n) is 4.47. The van der Waals surface area contributed by atoms with Crippen LogP contribution in [0.1, 0.15) is 11.1 Å². The summed E-state index contributed by atoms with van der Waals surface area (Å²) >= 11 is 3.31. The lowest BCUT2D eigenvalue weighted by Gasteiger charge is -2.20. The van der Waals surface area contributed by atoms with Gasteiger partial charge in [-0.2, -0.15) is 0 Å². The fraction of sp³-hybridized carbons (Fsp3) is 0.200. The van der Waals surface area contributed by atoms with E-state index < -0.39 is 0 Å². The van der Waals surface area contributed by atoms with Gasteiger partial charge in [0.05, 0.1) is 0 Å². The van der Waals surface area contributed by atoms with Crippen LogP contribution in [0.2, 0.25) is 0 Å². The van der Waals surface area contributed by atoms with Crippen molar-refractivity contribution in [2.45, 2.75) is 13.5 Å². The predicted octanol–water partition coefficient (Wildman–Crippen LogP) is 4.53. The van der Waals surface area contributed by atoms with Crippen molar-refractivity contribution in [3.05, 3.63) is 63.9 Å². The molecule has 0 saturated heterocycles. The lowest BCUT2D eigenvalue weighted by atomic mass is 10.1. The summed E-state index contributed by atoms with van der Waals surface area (Å²) in [6.45, 7) is 2.75. The average Bonchev–Trinajstić information content (AvgIpc) is 2.27. The Balaban J connectivity index is 2.18. The van der Waals surface area contributed by atoms with Crippen LogP contribution in [0.4, 0.5) is 10.1 Å². The van der Waals surface area contributed by atoms with Crippen molar-refractivity contribution in [1.29, 1.82) is 0 Å². The molecule has 0 aromatic heterocycles. The van der Waals surface area contributed by atoms with E-state index in [1.54, 1.807) is 6.07 Å². The van der Waals surface area contributed by atoms with Crippen LogP contribution in [0, 0.1) is 12.7 Å². The first-order chi connectivity index (χ1) is 8.54. The minimum Gasteiger partial charge on any atom is -0.370 e. The van der Waals surface area contributed by atoms with Crippen LogP contribution in [-0.4, -0.2) is 7.05 Å². The van der Waals surface area contributed by atoms with Crippen LogP contribution in [0.25, 0.3) is 0 Å². The summed E-state index contributed by atoms with van der Waals surface area (Å²) in [5.74, 6) is -0.211. The SMILES string of the molecule is Cc1cccc(N(C)Cc2cc(F)cc(Br)c2)c1. The summed E-state index contributed by atoms with van der Waals surface area (Å²) in [6.07, 6.45) is 0. The van der Waals surface area contributed by atoms with Gasteiger partial charge in [-0.25, -0.2) is 4.39 Å². The first-order valence-electron chi connectivity index (χ1n) is 5.77. The molecule has 0 unspecified atom stereocenters. The smallest absolute Gasteiger partial charge is 0.124 e. The van der Waals surface area contributed by atoms with Gasteiger partial charge in [0.15, 0.2) is 0 Å². The molecule has 0 atom stereocenters. The Morgan fingerprint density at radius 2 is 1.94 bits per heavy atom. The first-order valence-corrected chi connectivity index (χ1v) is 6.56. The molecule has 3 heteroatoms. The van der Waals surface area contributed by atoms with Crippen molar-refractivity contribution in [2.75, 3.05) is 11.9 Å². The van der Waals surface area contributed by atoms with E-state index >= 15 is 0 Å². The van der Waals surface area contributed by atoms with Gasteiger partial charge >= 0.3 is 0 Å². The Morgan fingerprint density at radius 3 is 2.61 bits per heavy atom. The third-order valence-corrected chi connectivity index (χ3v) is 3.24. The third kappa shape index (κ3) is 3.33. The summed E-state index contributed by atoms with van der Waals surface area (Å²) in [5, 5.41) is 0. The van der Waals surface area contributed by atoms with E-state index in [2.05, 4.69) is 46.0 Å². The highest BCUT2D eigenvalue weighted by Gasteiger charge is 2.04. The molecule has 0 radical (unpaired) electrons. The largest absolute Gasteiger partial charge is 0.370 e. The monoisotopic (exact) mass is 307 g/mol. The van der Waals surface area contributed by atoms with Gasteiger partial charge in [0.2, 0.25) is 0 Å². The molecule has 0 bridgehead atoms. The first kappa shape index (κ1) is 13.1. The van der Waals surface area contributed by atoms with Crippen molar-refractivity contribution in [1.82, 2.24) is 0 Å². The average molecular weight is 308 g/mol. The molecule has 18 heavy (non-hydrogen) atoms. The van der Waals surface area contributed by atoms with Crippen LogP contribution in [0.15, 0.2) is 46.9 Å². The normalized spacial score (nSPS) is 10.4. The molecule has 2 rings (SSSR count). The number of hydrogen-bond donors (Lipinski definition) is 0. The Morgan fingerprint density at radius 1 is 1.17 bits per heavy atom. The number of aryl methyl sites for hydroxylation is 1. The van der Waals surface area contributed by atoms with Gasteiger partial charge in [-0.1, -0.05) is 28.1 Å². The summed E-state index contributed by atoms with van der Waals surface area (Å²) in [5.41, 5.74) is 3.31. The highest BCUT2D eigenvalue weighted by Crippen LogP contribution is 2.20. The summed E-state index contributed by atoms with van der Waals surface area (Å²) in [6, 6.07) is 13.2. The van der Waals surface area contributed by atoms with Crippen molar-refractivity contribution < 1.29 is 4.39 Å². The van der Waals surface area contributed by atoms with E-state index in [-0.39, 0.29) is 5.82 Å². The maximum absolute atomic E-state index is 13.3. The lowest BCUT2D eigenvalue weighted by Crippen LogP contribution is -2.16. The molecule has 0 fully saturated rings. The van der Waals surface area contributed by atoms with Gasteiger partial charge in [-0.05, 0) is 48.4 Å². The summed E-state index contributed by atoms with van der Waals surface area (Å²) in [7, 11) is 2.01. The molecule has 2 aromatic rings. The minimum atomic E-state index is -0.211. The fourth-order valence-electron chi connectivity index (χ4n) is 1.93. The molecule has 0 aliphatic carbocycles. The summed E-state index contributed by atoms with van der Waals surface area (Å²) < 4.78 is 14.1. The maximum atomic E-state index is 13.3. The predicted molar refractivity (Wildman–Crippen MR) is 77.4 cm³/mol. The zero-order chi connectivity index (χ0) is 13.1. The zero-order valence-electron chi connectivity index (χ0n) is 10.5. The Kier molecular flexibility index (Phi) is 4.02. The molecule has 0 N–H and O–H groups in total. The molecule has 2 aromatic carbocycles. The number of halogens is 2. The second kappa shape index (κ2) is 5.53. The zero-order valence-corrected chi connectivity index (χ0v) is 12.0. The van der Waals surface area contributed by atoms with Crippen LogP contribution < -0.4 is 4.90 Å². The van der Waals surface area contributed by atoms with Gasteiger partial charge in [0.25, 0.3) is 0 Å². The molecule has 0 amide bonds. The Bertz CT molecular complexity index is 534. The lowest BCUT2D eigenvalue weighted by molar-refractivity contribution is 0.624. The highest BCUT2D eigenvalue weighted by atomic mass is 79.9. The molecule has 94 valence electrons. The molecule has 0 spiro atoms. The summed E-state index contributed by atoms with van der Waals surface area (Å²) in [4.78, 5) is 2.11. The van der Waals surface area contributed by atoms with Crippen LogP contribution in [-0.2, 0) is 6.54 Å². The van der Waals surface area contributed by atoms with Gasteiger partial charge in [0.1, 0.15) is 5.82 Å². The van der Waals surface area contributed by atoms with Crippen LogP contribution >= 0.6 is 15.9 Å². The Labute approximate surface area is 115 Å². The molecular weight excluding hydrogens is 293 g/mol. The molecule has 0 aliphatic rings. The number of rotatable bonds is 3. The second-order valence-corrected chi connectivity index (χ2v) is 5.39. The van der Waals surface area contributed by atoms with Crippen LogP contribution in [0.3, 0.4) is 0 Å². The van der Waals surface area contributed by atoms with E-state index in [9.17, 15) is 4.39 Å². The van der Waals surface area contributed by atoms with E-state index in [0.29, 0.717) is 6.54 Å². The number of anilines is 1. The van der Waals surface area contributed by atoms with Crippen molar-refractivity contribution in [3.8, 4) is 0 Å². The number of nitrogens with zero attached hydrogens (tertiary/aromatic N) is 1. The molecule has 0 aliphatic heterocycles. The highest BCUT2D eigenvalue weighted by molar-refractivity contribution is 9.10. The number of benzene rings is 2. The van der Waals surface area contributed by atoms with Crippen molar-refractivity contribution in [3.63, 3.8) is 0 Å². The molecule has 0 saturated carbocycles. The van der Waals surface area contributed by atoms with E-state index in [1.165, 1.54) is 11.6 Å². The molecule has 1 nitrogen and oxygen atoms in total. The topological polar surface area (TPSA) is 3.24 Å². The minimum absolute atomic E-state index is 0.211. The quantitative estimate of drug-likeness (QED) is 0.805. The van der Waals surface area contributed by atoms with Gasteiger partial charge < -0.3 is 4.90 Å². The maximum Gasteiger partial charge on any atom is 0.124 e. The fourth-order valence-corrected chi connectivity index (χ4v) is 2.45. The molecule has 0 heterocycles. The van der Waals surface area contributed by atoms with E-state index in [1.807, 2.05) is 19.2 Å². The van der Waals surface area contributed by atoms with Gasteiger partial charge in [-0.15, -0.1) is 0 Å². The van der Waals surface area contributed by atoms with Crippen LogP contribution in [0.5, 0.6) is 0 Å². The Hall–Kier alpha value is -1.35. The van der Waals surface area contributed by atoms with E-state index in [0.717, 1.165) is 15.7 Å². The molecular formula is C15H15BrFN. The van der Waals surface area contributed by atoms with Crippen molar-refractivity contribution >= 4 is 21.6 Å². The van der Waals surface area contributed by atoms with Gasteiger partial charge in [-0.3, -0.25) is 0 Å². The van der Waals surface area contributed by atoms with E-state index in [4.69, 9.17) is 0 Å².